The zero-order valence-corrected chi connectivity index (χ0v) is 11.4. The van der Waals surface area contributed by atoms with Gasteiger partial charge in [-0.25, -0.2) is 0 Å². The van der Waals surface area contributed by atoms with Crippen LogP contribution in [-0.2, 0) is 6.42 Å². The van der Waals surface area contributed by atoms with Gasteiger partial charge in [0.1, 0.15) is 5.76 Å². The Morgan fingerprint density at radius 1 is 1.21 bits per heavy atom. The molecule has 1 aliphatic rings. The van der Waals surface area contributed by atoms with Crippen molar-refractivity contribution in [2.24, 2.45) is 0 Å². The first-order chi connectivity index (χ1) is 9.31. The summed E-state index contributed by atoms with van der Waals surface area (Å²) in [6.07, 6.45) is 3.21. The summed E-state index contributed by atoms with van der Waals surface area (Å²) in [5, 5.41) is 4.22. The highest BCUT2D eigenvalue weighted by Gasteiger charge is 2.22. The van der Waals surface area contributed by atoms with E-state index in [0.29, 0.717) is 5.92 Å². The highest BCUT2D eigenvalue weighted by atomic mass is 16.5. The number of aromatic nitrogens is 1. The first-order valence-corrected chi connectivity index (χ1v) is 6.99. The van der Waals surface area contributed by atoms with Crippen LogP contribution in [0.5, 0.6) is 0 Å². The summed E-state index contributed by atoms with van der Waals surface area (Å²) in [5.74, 6) is 1.62. The third-order valence-corrected chi connectivity index (χ3v) is 3.93. The summed E-state index contributed by atoms with van der Waals surface area (Å²) in [4.78, 5) is 2.37. The molecule has 0 aliphatic carbocycles. The largest absolute Gasteiger partial charge is 0.361 e. The number of piperidine rings is 1. The van der Waals surface area contributed by atoms with Gasteiger partial charge in [-0.15, -0.1) is 0 Å². The lowest BCUT2D eigenvalue weighted by Crippen LogP contribution is -2.29. The molecule has 1 aliphatic heterocycles. The van der Waals surface area contributed by atoms with Gasteiger partial charge in [-0.2, -0.15) is 0 Å². The molecule has 3 rings (SSSR count). The monoisotopic (exact) mass is 256 g/mol. The number of benzene rings is 1. The van der Waals surface area contributed by atoms with Crippen molar-refractivity contribution in [2.45, 2.75) is 25.2 Å². The van der Waals surface area contributed by atoms with Gasteiger partial charge in [-0.1, -0.05) is 35.5 Å². The van der Waals surface area contributed by atoms with Crippen LogP contribution in [0.25, 0.3) is 0 Å². The van der Waals surface area contributed by atoms with Gasteiger partial charge in [0, 0.05) is 18.4 Å². The van der Waals surface area contributed by atoms with Crippen LogP contribution in [-0.4, -0.2) is 30.2 Å². The number of hydrogen-bond acceptors (Lipinski definition) is 3. The molecule has 0 N–H and O–H groups in total. The maximum absolute atomic E-state index is 5.54. The summed E-state index contributed by atoms with van der Waals surface area (Å²) in [5.41, 5.74) is 2.32. The average Bonchev–Trinajstić information content (AvgIpc) is 2.89. The number of rotatable bonds is 3. The SMILES string of the molecule is CN1CCC(c2cc(Cc3ccccc3)no2)CC1. The molecular formula is C16H20N2O. The first kappa shape index (κ1) is 12.4. The van der Waals surface area contributed by atoms with Crippen LogP contribution in [0.1, 0.15) is 35.8 Å². The van der Waals surface area contributed by atoms with E-state index in [1.165, 1.54) is 18.4 Å². The molecule has 2 aromatic rings. The minimum Gasteiger partial charge on any atom is -0.361 e. The summed E-state index contributed by atoms with van der Waals surface area (Å²) in [6.45, 7) is 2.30. The van der Waals surface area contributed by atoms with Gasteiger partial charge in [0.2, 0.25) is 0 Å². The fraction of sp³-hybridized carbons (Fsp3) is 0.438. The fourth-order valence-corrected chi connectivity index (χ4v) is 2.70. The van der Waals surface area contributed by atoms with Gasteiger partial charge < -0.3 is 9.42 Å². The quantitative estimate of drug-likeness (QED) is 0.845. The second kappa shape index (κ2) is 5.57. The van der Waals surface area contributed by atoms with Crippen molar-refractivity contribution in [3.8, 4) is 0 Å². The van der Waals surface area contributed by atoms with E-state index in [1.54, 1.807) is 0 Å². The van der Waals surface area contributed by atoms with Crippen molar-refractivity contribution < 1.29 is 4.52 Å². The first-order valence-electron chi connectivity index (χ1n) is 6.99. The second-order valence-electron chi connectivity index (χ2n) is 5.46. The van der Waals surface area contributed by atoms with Crippen molar-refractivity contribution in [1.82, 2.24) is 10.1 Å². The van der Waals surface area contributed by atoms with Crippen LogP contribution in [0.4, 0.5) is 0 Å². The lowest BCUT2D eigenvalue weighted by Gasteiger charge is -2.27. The fourth-order valence-electron chi connectivity index (χ4n) is 2.70. The zero-order valence-electron chi connectivity index (χ0n) is 11.4. The molecule has 19 heavy (non-hydrogen) atoms. The third kappa shape index (κ3) is 3.04. The van der Waals surface area contributed by atoms with Crippen LogP contribution >= 0.6 is 0 Å². The van der Waals surface area contributed by atoms with Gasteiger partial charge in [-0.3, -0.25) is 0 Å². The van der Waals surface area contributed by atoms with Crippen LogP contribution in [0.15, 0.2) is 40.9 Å². The Kier molecular flexibility index (Phi) is 3.65. The smallest absolute Gasteiger partial charge is 0.140 e. The molecule has 3 heteroatoms. The normalized spacial score (nSPS) is 17.7. The molecule has 3 nitrogen and oxygen atoms in total. The molecule has 1 aromatic carbocycles. The van der Waals surface area contributed by atoms with Crippen LogP contribution < -0.4 is 0 Å². The molecule has 0 amide bonds. The Morgan fingerprint density at radius 2 is 1.95 bits per heavy atom. The maximum Gasteiger partial charge on any atom is 0.140 e. The van der Waals surface area contributed by atoms with Crippen molar-refractivity contribution >= 4 is 0 Å². The Morgan fingerprint density at radius 3 is 2.68 bits per heavy atom. The Balaban J connectivity index is 1.66. The van der Waals surface area contributed by atoms with E-state index in [1.807, 2.05) is 6.07 Å². The molecule has 0 radical (unpaired) electrons. The number of nitrogens with zero attached hydrogens (tertiary/aromatic N) is 2. The van der Waals surface area contributed by atoms with E-state index in [2.05, 4.69) is 47.4 Å². The van der Waals surface area contributed by atoms with Crippen LogP contribution in [0.3, 0.4) is 0 Å². The Hall–Kier alpha value is -1.61. The predicted octanol–water partition coefficient (Wildman–Crippen LogP) is 3.07. The number of likely N-dealkylation sites (tertiary alicyclic amines) is 1. The molecule has 2 heterocycles. The predicted molar refractivity (Wildman–Crippen MR) is 75.2 cm³/mol. The minimum absolute atomic E-state index is 0.549. The lowest BCUT2D eigenvalue weighted by atomic mass is 9.94. The molecule has 0 atom stereocenters. The average molecular weight is 256 g/mol. The molecule has 1 fully saturated rings. The van der Waals surface area contributed by atoms with Crippen molar-refractivity contribution in [3.63, 3.8) is 0 Å². The van der Waals surface area contributed by atoms with E-state index >= 15 is 0 Å². The van der Waals surface area contributed by atoms with Crippen molar-refractivity contribution in [3.05, 3.63) is 53.4 Å². The zero-order chi connectivity index (χ0) is 13.1. The van der Waals surface area contributed by atoms with E-state index in [9.17, 15) is 0 Å². The van der Waals surface area contributed by atoms with Gasteiger partial charge >= 0.3 is 0 Å². The molecule has 0 bridgehead atoms. The van der Waals surface area contributed by atoms with E-state index in [0.717, 1.165) is 31.0 Å². The van der Waals surface area contributed by atoms with Crippen molar-refractivity contribution in [2.75, 3.05) is 20.1 Å². The summed E-state index contributed by atoms with van der Waals surface area (Å²) in [6, 6.07) is 12.6. The summed E-state index contributed by atoms with van der Waals surface area (Å²) < 4.78 is 5.54. The van der Waals surface area contributed by atoms with Crippen molar-refractivity contribution in [1.29, 1.82) is 0 Å². The topological polar surface area (TPSA) is 29.3 Å². The molecule has 1 saturated heterocycles. The third-order valence-electron chi connectivity index (χ3n) is 3.93. The Bertz CT molecular complexity index is 513. The minimum atomic E-state index is 0.549. The molecule has 0 saturated carbocycles. The molecule has 0 spiro atoms. The summed E-state index contributed by atoms with van der Waals surface area (Å²) >= 11 is 0. The van der Waals surface area contributed by atoms with Gasteiger partial charge in [0.15, 0.2) is 0 Å². The molecule has 0 unspecified atom stereocenters. The number of hydrogen-bond donors (Lipinski definition) is 0. The lowest BCUT2D eigenvalue weighted by molar-refractivity contribution is 0.231. The summed E-state index contributed by atoms with van der Waals surface area (Å²) in [7, 11) is 2.18. The van der Waals surface area contributed by atoms with Crippen LogP contribution in [0.2, 0.25) is 0 Å². The van der Waals surface area contributed by atoms with Gasteiger partial charge in [-0.05, 0) is 38.5 Å². The van der Waals surface area contributed by atoms with E-state index in [-0.39, 0.29) is 0 Å². The highest BCUT2D eigenvalue weighted by Crippen LogP contribution is 2.28. The van der Waals surface area contributed by atoms with Crippen LogP contribution in [0, 0.1) is 0 Å². The van der Waals surface area contributed by atoms with Gasteiger partial charge in [0.25, 0.3) is 0 Å². The Labute approximate surface area is 114 Å². The molecule has 1 aromatic heterocycles. The molecular weight excluding hydrogens is 236 g/mol. The molecule has 100 valence electrons. The second-order valence-corrected chi connectivity index (χ2v) is 5.46. The van der Waals surface area contributed by atoms with E-state index in [4.69, 9.17) is 4.52 Å². The standard InChI is InChI=1S/C16H20N2O/c1-18-9-7-14(8-10-18)16-12-15(17-19-16)11-13-5-3-2-4-6-13/h2-6,12,14H,7-11H2,1H3. The van der Waals surface area contributed by atoms with E-state index < -0.39 is 0 Å². The maximum atomic E-state index is 5.54. The highest BCUT2D eigenvalue weighted by molar-refractivity contribution is 5.22. The van der Waals surface area contributed by atoms with Gasteiger partial charge in [0.05, 0.1) is 5.69 Å².